The molecule has 1 N–H and O–H groups in total. The summed E-state index contributed by atoms with van der Waals surface area (Å²) in [7, 11) is 0. The summed E-state index contributed by atoms with van der Waals surface area (Å²) in [4.78, 5) is 15.4. The number of aliphatic hydroxyl groups excluding tert-OH is 1. The fourth-order valence-electron chi connectivity index (χ4n) is 4.42. The lowest BCUT2D eigenvalue weighted by atomic mass is 9.87. The summed E-state index contributed by atoms with van der Waals surface area (Å²) in [5.74, 6) is 0.255. The van der Waals surface area contributed by atoms with E-state index in [0.717, 1.165) is 37.8 Å². The first-order chi connectivity index (χ1) is 11.6. The monoisotopic (exact) mass is 349 g/mol. The summed E-state index contributed by atoms with van der Waals surface area (Å²) in [5, 5.41) is 11.0. The quantitative estimate of drug-likeness (QED) is 0.912. The highest BCUT2D eigenvalue weighted by molar-refractivity contribution is 6.30. The van der Waals surface area contributed by atoms with Crippen LogP contribution in [0.3, 0.4) is 0 Å². The summed E-state index contributed by atoms with van der Waals surface area (Å²) < 4.78 is 5.58. The van der Waals surface area contributed by atoms with Crippen LogP contribution in [0.5, 0.6) is 0 Å². The summed E-state index contributed by atoms with van der Waals surface area (Å²) in [6.07, 6.45) is 4.05. The molecule has 2 heterocycles. The number of rotatable bonds is 3. The minimum Gasteiger partial charge on any atom is -0.393 e. The van der Waals surface area contributed by atoms with Crippen LogP contribution < -0.4 is 0 Å². The number of hydrogen-bond acceptors (Lipinski definition) is 3. The Bertz CT molecular complexity index is 631. The molecule has 2 aliphatic heterocycles. The van der Waals surface area contributed by atoms with Crippen LogP contribution in [0.2, 0.25) is 5.02 Å². The maximum Gasteiger partial charge on any atom is 0.233 e. The number of halogens is 1. The molecule has 5 heteroatoms. The van der Waals surface area contributed by atoms with E-state index in [-0.39, 0.29) is 24.0 Å². The zero-order chi connectivity index (χ0) is 16.7. The molecule has 0 radical (unpaired) electrons. The molecule has 2 saturated heterocycles. The van der Waals surface area contributed by atoms with E-state index in [0.29, 0.717) is 24.7 Å². The Morgan fingerprint density at radius 1 is 1.33 bits per heavy atom. The van der Waals surface area contributed by atoms with E-state index >= 15 is 0 Å². The molecule has 24 heavy (non-hydrogen) atoms. The van der Waals surface area contributed by atoms with Gasteiger partial charge in [-0.25, -0.2) is 0 Å². The van der Waals surface area contributed by atoms with E-state index in [4.69, 9.17) is 16.3 Å². The Kier molecular flexibility index (Phi) is 4.31. The Labute approximate surface area is 147 Å². The number of hydrogen-bond donors (Lipinski definition) is 1. The normalized spacial score (nSPS) is 31.9. The second kappa shape index (κ2) is 6.32. The Morgan fingerprint density at radius 3 is 2.88 bits per heavy atom. The number of likely N-dealkylation sites (tertiary alicyclic amines) is 1. The molecule has 3 unspecified atom stereocenters. The van der Waals surface area contributed by atoms with E-state index in [2.05, 4.69) is 0 Å². The number of aliphatic hydroxyl groups is 1. The lowest BCUT2D eigenvalue weighted by Crippen LogP contribution is -2.50. The Balaban J connectivity index is 1.57. The summed E-state index contributed by atoms with van der Waals surface area (Å²) in [6, 6.07) is 7.81. The molecule has 130 valence electrons. The molecule has 1 amide bonds. The van der Waals surface area contributed by atoms with Crippen molar-refractivity contribution in [3.8, 4) is 0 Å². The molecule has 1 aromatic rings. The van der Waals surface area contributed by atoms with Gasteiger partial charge in [0.2, 0.25) is 5.91 Å². The summed E-state index contributed by atoms with van der Waals surface area (Å²) in [6.45, 7) is 1.96. The number of ether oxygens (including phenoxy) is 1. The maximum absolute atomic E-state index is 13.4. The zero-order valence-corrected chi connectivity index (χ0v) is 14.5. The highest BCUT2D eigenvalue weighted by atomic mass is 35.5. The lowest BCUT2D eigenvalue weighted by molar-refractivity contribution is -0.139. The Morgan fingerprint density at radius 2 is 2.17 bits per heavy atom. The number of carbonyl (C=O) groups is 1. The van der Waals surface area contributed by atoms with Crippen LogP contribution in [0.15, 0.2) is 24.3 Å². The zero-order valence-electron chi connectivity index (χ0n) is 13.8. The van der Waals surface area contributed by atoms with Crippen molar-refractivity contribution in [1.82, 2.24) is 4.90 Å². The average molecular weight is 350 g/mol. The van der Waals surface area contributed by atoms with Gasteiger partial charge in [-0.2, -0.15) is 0 Å². The van der Waals surface area contributed by atoms with Crippen LogP contribution in [0.4, 0.5) is 0 Å². The highest BCUT2D eigenvalue weighted by Gasteiger charge is 2.55. The largest absolute Gasteiger partial charge is 0.393 e. The average Bonchev–Trinajstić information content (AvgIpc) is 3.26. The van der Waals surface area contributed by atoms with Gasteiger partial charge < -0.3 is 14.7 Å². The van der Waals surface area contributed by atoms with Crippen LogP contribution in [-0.4, -0.2) is 47.8 Å². The molecule has 3 aliphatic rings. The third-order valence-electron chi connectivity index (χ3n) is 5.95. The molecule has 1 aromatic carbocycles. The van der Waals surface area contributed by atoms with E-state index in [1.807, 2.05) is 29.2 Å². The highest BCUT2D eigenvalue weighted by Crippen LogP contribution is 2.51. The Hall–Kier alpha value is -1.10. The van der Waals surface area contributed by atoms with Crippen LogP contribution in [0.25, 0.3) is 0 Å². The van der Waals surface area contributed by atoms with Gasteiger partial charge in [-0.1, -0.05) is 23.7 Å². The van der Waals surface area contributed by atoms with Crippen LogP contribution in [0.1, 0.15) is 37.7 Å². The molecular weight excluding hydrogens is 326 g/mol. The lowest BCUT2D eigenvalue weighted by Gasteiger charge is -2.38. The number of carbonyl (C=O) groups excluding carboxylic acids is 1. The van der Waals surface area contributed by atoms with Gasteiger partial charge in [0, 0.05) is 30.1 Å². The van der Waals surface area contributed by atoms with Crippen molar-refractivity contribution in [2.75, 3.05) is 19.8 Å². The molecule has 0 aromatic heterocycles. The second-order valence-electron chi connectivity index (χ2n) is 7.40. The number of benzene rings is 1. The van der Waals surface area contributed by atoms with Gasteiger partial charge in [-0.3, -0.25) is 4.79 Å². The predicted molar refractivity (Wildman–Crippen MR) is 92.0 cm³/mol. The number of nitrogens with zero attached hydrogens (tertiary/aromatic N) is 1. The third-order valence-corrected chi connectivity index (χ3v) is 6.19. The molecule has 3 fully saturated rings. The first-order valence-electron chi connectivity index (χ1n) is 8.95. The first-order valence-corrected chi connectivity index (χ1v) is 9.32. The van der Waals surface area contributed by atoms with Crippen LogP contribution in [0, 0.1) is 5.92 Å². The molecule has 1 saturated carbocycles. The standard InChI is InChI=1S/C19H24ClNO3/c20-14-4-1-3-13(11-14)19(7-8-19)18(23)21-9-2-5-16(21)15-12-24-10-6-17(15)22/h1,3-4,11,15-17,22H,2,5-10,12H2. The first kappa shape index (κ1) is 16.4. The topological polar surface area (TPSA) is 49.8 Å². The van der Waals surface area contributed by atoms with Crippen molar-refractivity contribution in [1.29, 1.82) is 0 Å². The van der Waals surface area contributed by atoms with E-state index in [1.165, 1.54) is 0 Å². The van der Waals surface area contributed by atoms with Crippen molar-refractivity contribution in [3.05, 3.63) is 34.9 Å². The van der Waals surface area contributed by atoms with E-state index < -0.39 is 5.41 Å². The SMILES string of the molecule is O=C(N1CCCC1C1COCCC1O)C1(c2cccc(Cl)c2)CC1. The smallest absolute Gasteiger partial charge is 0.233 e. The molecule has 4 nitrogen and oxygen atoms in total. The van der Waals surface area contributed by atoms with E-state index in [1.54, 1.807) is 0 Å². The van der Waals surface area contributed by atoms with Gasteiger partial charge in [0.05, 0.1) is 18.1 Å². The van der Waals surface area contributed by atoms with Crippen molar-refractivity contribution in [2.24, 2.45) is 5.92 Å². The van der Waals surface area contributed by atoms with Crippen molar-refractivity contribution in [2.45, 2.75) is 49.7 Å². The minimum absolute atomic E-state index is 0.0420. The van der Waals surface area contributed by atoms with Gasteiger partial charge in [0.15, 0.2) is 0 Å². The third kappa shape index (κ3) is 2.75. The summed E-state index contributed by atoms with van der Waals surface area (Å²) in [5.41, 5.74) is 0.639. The molecule has 0 spiro atoms. The molecule has 1 aliphatic carbocycles. The second-order valence-corrected chi connectivity index (χ2v) is 7.83. The summed E-state index contributed by atoms with van der Waals surface area (Å²) >= 11 is 6.14. The van der Waals surface area contributed by atoms with Crippen molar-refractivity contribution in [3.63, 3.8) is 0 Å². The van der Waals surface area contributed by atoms with Crippen LogP contribution >= 0.6 is 11.6 Å². The van der Waals surface area contributed by atoms with Gasteiger partial charge in [-0.05, 0) is 49.8 Å². The van der Waals surface area contributed by atoms with Crippen molar-refractivity contribution < 1.29 is 14.6 Å². The fourth-order valence-corrected chi connectivity index (χ4v) is 4.61. The predicted octanol–water partition coefficient (Wildman–Crippen LogP) is 2.76. The number of amides is 1. The minimum atomic E-state index is -0.395. The fraction of sp³-hybridized carbons (Fsp3) is 0.632. The van der Waals surface area contributed by atoms with Gasteiger partial charge in [-0.15, -0.1) is 0 Å². The van der Waals surface area contributed by atoms with Gasteiger partial charge in [0.1, 0.15) is 0 Å². The molecular formula is C19H24ClNO3. The molecule has 3 atom stereocenters. The molecule has 4 rings (SSSR count). The maximum atomic E-state index is 13.4. The van der Waals surface area contributed by atoms with Crippen molar-refractivity contribution >= 4 is 17.5 Å². The van der Waals surface area contributed by atoms with Gasteiger partial charge in [0.25, 0.3) is 0 Å². The molecule has 0 bridgehead atoms. The van der Waals surface area contributed by atoms with Gasteiger partial charge >= 0.3 is 0 Å². The van der Waals surface area contributed by atoms with E-state index in [9.17, 15) is 9.90 Å². The van der Waals surface area contributed by atoms with Crippen LogP contribution in [-0.2, 0) is 14.9 Å².